The molecule has 2 aromatic carbocycles. The van der Waals surface area contributed by atoms with Crippen molar-refractivity contribution < 1.29 is 0 Å². The van der Waals surface area contributed by atoms with Gasteiger partial charge in [-0.3, -0.25) is 0 Å². The van der Waals surface area contributed by atoms with Gasteiger partial charge in [-0.2, -0.15) is 0 Å². The average molecular weight is 589 g/mol. The highest BCUT2D eigenvalue weighted by molar-refractivity contribution is 7.61. The lowest BCUT2D eigenvalue weighted by Crippen LogP contribution is -2.52. The number of piperidine rings is 2. The van der Waals surface area contributed by atoms with Crippen molar-refractivity contribution in [3.8, 4) is 0 Å². The molecule has 41 heavy (non-hydrogen) atoms. The molecule has 2 N–H and O–H groups in total. The van der Waals surface area contributed by atoms with Gasteiger partial charge in [0.05, 0.1) is 0 Å². The Morgan fingerprint density at radius 3 is 1.73 bits per heavy atom. The average Bonchev–Trinajstić information content (AvgIpc) is 3.36. The summed E-state index contributed by atoms with van der Waals surface area (Å²) in [6, 6.07) is 22.7. The minimum absolute atomic E-state index is 0.0521. The summed E-state index contributed by atoms with van der Waals surface area (Å²) in [5.74, 6) is 1.54. The predicted molar refractivity (Wildman–Crippen MR) is 186 cm³/mol. The molecule has 0 radical (unpaired) electrons. The number of hydrogen-bond acceptors (Lipinski definition) is 2. The highest BCUT2D eigenvalue weighted by Gasteiger charge is 2.49. The summed E-state index contributed by atoms with van der Waals surface area (Å²) >= 11 is 0. The molecule has 2 aromatic rings. The van der Waals surface area contributed by atoms with Crippen LogP contribution in [0.25, 0.3) is 5.57 Å². The Balaban J connectivity index is 1.77. The third kappa shape index (κ3) is 6.63. The highest BCUT2D eigenvalue weighted by atomic mass is 31.1. The van der Waals surface area contributed by atoms with Crippen molar-refractivity contribution in [1.82, 2.24) is 10.6 Å². The van der Waals surface area contributed by atoms with Crippen LogP contribution >= 0.6 is 17.2 Å². The first-order valence-electron chi connectivity index (χ1n) is 16.0. The van der Waals surface area contributed by atoms with Crippen molar-refractivity contribution in [2.75, 3.05) is 32.3 Å². The van der Waals surface area contributed by atoms with Gasteiger partial charge in [-0.15, -0.1) is 9.24 Å². The molecule has 4 heteroatoms. The number of allylic oxidation sites excluding steroid dienone is 4. The van der Waals surface area contributed by atoms with Crippen LogP contribution in [0.1, 0.15) is 84.3 Å². The van der Waals surface area contributed by atoms with E-state index in [4.69, 9.17) is 0 Å². The van der Waals surface area contributed by atoms with E-state index in [0.29, 0.717) is 17.8 Å². The normalized spacial score (nSPS) is 25.8. The van der Waals surface area contributed by atoms with Crippen molar-refractivity contribution >= 4 is 22.7 Å². The lowest BCUT2D eigenvalue weighted by atomic mass is 9.69. The smallest absolute Gasteiger partial charge is 0.0314 e. The van der Waals surface area contributed by atoms with E-state index in [1.54, 1.807) is 11.1 Å². The van der Waals surface area contributed by atoms with Crippen molar-refractivity contribution in [1.29, 1.82) is 0 Å². The molecule has 0 saturated carbocycles. The molecule has 2 saturated heterocycles. The zero-order chi connectivity index (χ0) is 29.3. The van der Waals surface area contributed by atoms with Gasteiger partial charge in [-0.05, 0) is 108 Å². The van der Waals surface area contributed by atoms with Crippen LogP contribution in [0.5, 0.6) is 0 Å². The summed E-state index contributed by atoms with van der Waals surface area (Å²) in [5.41, 5.74) is 7.68. The highest BCUT2D eigenvalue weighted by Crippen LogP contribution is 2.64. The molecular weight excluding hydrogens is 534 g/mol. The van der Waals surface area contributed by atoms with Crippen LogP contribution in [0.3, 0.4) is 0 Å². The zero-order valence-corrected chi connectivity index (χ0v) is 28.5. The molecule has 2 nitrogen and oxygen atoms in total. The molecule has 2 fully saturated rings. The summed E-state index contributed by atoms with van der Waals surface area (Å²) in [4.78, 5) is 0. The van der Waals surface area contributed by atoms with E-state index in [0.717, 1.165) is 26.2 Å². The second-order valence-electron chi connectivity index (χ2n) is 14.7. The van der Waals surface area contributed by atoms with Crippen LogP contribution in [0.2, 0.25) is 0 Å². The fourth-order valence-corrected chi connectivity index (χ4v) is 12.6. The zero-order valence-electron chi connectivity index (χ0n) is 26.5. The molecule has 0 amide bonds. The molecule has 2 heterocycles. The van der Waals surface area contributed by atoms with E-state index in [1.165, 1.54) is 48.5 Å². The van der Waals surface area contributed by atoms with Gasteiger partial charge in [0.1, 0.15) is 0 Å². The maximum atomic E-state index is 3.82. The lowest BCUT2D eigenvalue weighted by Gasteiger charge is -2.49. The first kappa shape index (κ1) is 31.1. The van der Waals surface area contributed by atoms with Gasteiger partial charge >= 0.3 is 0 Å². The quantitative estimate of drug-likeness (QED) is 0.316. The second kappa shape index (κ2) is 12.7. The van der Waals surface area contributed by atoms with Crippen LogP contribution < -0.4 is 10.6 Å². The van der Waals surface area contributed by atoms with Crippen LogP contribution in [-0.2, 0) is 0 Å². The minimum atomic E-state index is -0.299. The van der Waals surface area contributed by atoms with Crippen LogP contribution in [-0.4, -0.2) is 47.8 Å². The first-order chi connectivity index (χ1) is 19.5. The maximum Gasteiger partial charge on any atom is 0.0314 e. The predicted octanol–water partition coefficient (Wildman–Crippen LogP) is 8.86. The van der Waals surface area contributed by atoms with Gasteiger partial charge in [0, 0.05) is 11.1 Å². The Morgan fingerprint density at radius 1 is 0.756 bits per heavy atom. The topological polar surface area (TPSA) is 24.1 Å². The van der Waals surface area contributed by atoms with E-state index in [2.05, 4.69) is 128 Å². The Kier molecular flexibility index (Phi) is 9.68. The van der Waals surface area contributed by atoms with Gasteiger partial charge in [-0.1, -0.05) is 116 Å². The summed E-state index contributed by atoms with van der Waals surface area (Å²) in [6.45, 7) is 19.5. The number of nitrogens with one attached hydrogen (secondary N) is 2. The molecule has 4 unspecified atom stereocenters. The maximum absolute atomic E-state index is 3.82. The van der Waals surface area contributed by atoms with E-state index in [9.17, 15) is 0 Å². The molecule has 4 atom stereocenters. The second-order valence-corrected chi connectivity index (χ2v) is 19.5. The third-order valence-corrected chi connectivity index (χ3v) is 15.1. The minimum Gasteiger partial charge on any atom is -0.316 e. The van der Waals surface area contributed by atoms with Crippen molar-refractivity contribution in [3.05, 3.63) is 89.0 Å². The molecule has 3 aliphatic rings. The fourth-order valence-electron chi connectivity index (χ4n) is 8.10. The van der Waals surface area contributed by atoms with Crippen molar-refractivity contribution in [2.24, 2.45) is 11.8 Å². The monoisotopic (exact) mass is 588 g/mol. The fraction of sp³-hybridized carbons (Fsp3) is 0.568. The van der Waals surface area contributed by atoms with Crippen LogP contribution in [0, 0.1) is 11.8 Å². The molecule has 0 spiro atoms. The number of rotatable bonds is 7. The van der Waals surface area contributed by atoms with Gasteiger partial charge < -0.3 is 10.6 Å². The molecule has 0 bridgehead atoms. The molecular formula is C37H54N2P2. The summed E-state index contributed by atoms with van der Waals surface area (Å²) in [6.07, 6.45) is 9.05. The summed E-state index contributed by atoms with van der Waals surface area (Å²) in [7, 11) is 3.28. The summed E-state index contributed by atoms with van der Waals surface area (Å²) in [5, 5.41) is 8.23. The van der Waals surface area contributed by atoms with E-state index in [-0.39, 0.29) is 23.4 Å². The first-order valence-corrected chi connectivity index (χ1v) is 18.1. The van der Waals surface area contributed by atoms with E-state index in [1.807, 2.05) is 0 Å². The van der Waals surface area contributed by atoms with Crippen molar-refractivity contribution in [2.45, 2.75) is 88.6 Å². The van der Waals surface area contributed by atoms with Gasteiger partial charge in [0.15, 0.2) is 0 Å². The molecule has 0 aromatic heterocycles. The van der Waals surface area contributed by atoms with Gasteiger partial charge in [0.2, 0.25) is 0 Å². The Hall–Kier alpha value is -1.30. The Bertz CT molecular complexity index is 1180. The van der Waals surface area contributed by atoms with E-state index >= 15 is 0 Å². The third-order valence-electron chi connectivity index (χ3n) is 9.90. The standard InChI is InChI=1S/C37H54N2P2/c1-35(2,3)41(36(4,5)6)26-32-33(37(40,29-19-13-21-38-24-29)30-20-14-22-39-25-30)23-31(27-15-9-7-10-16-27)34(32)28-17-11-8-12-18-28/h7-12,15-18,23,29-30,34,38-39H,13-14,19-22,24-26,40H2,1-6H3. The summed E-state index contributed by atoms with van der Waals surface area (Å²) < 4.78 is 0. The molecule has 5 rings (SSSR count). The van der Waals surface area contributed by atoms with Gasteiger partial charge in [0.25, 0.3) is 0 Å². The number of hydrogen-bond donors (Lipinski definition) is 2. The number of benzene rings is 2. The van der Waals surface area contributed by atoms with Crippen LogP contribution in [0.4, 0.5) is 0 Å². The Morgan fingerprint density at radius 2 is 1.27 bits per heavy atom. The Labute approximate surface area is 254 Å². The lowest BCUT2D eigenvalue weighted by molar-refractivity contribution is 0.221. The SMILES string of the molecule is CC(C)(C)P(CC1=C(C(P)(C2CCCNC2)C2CCCNC2)C=C(c2ccccc2)C1c1ccccc1)C(C)(C)C. The van der Waals surface area contributed by atoms with Crippen molar-refractivity contribution in [3.63, 3.8) is 0 Å². The molecule has 222 valence electrons. The van der Waals surface area contributed by atoms with Crippen LogP contribution in [0.15, 0.2) is 77.9 Å². The largest absolute Gasteiger partial charge is 0.316 e. The molecule has 2 aliphatic heterocycles. The molecule has 1 aliphatic carbocycles. The van der Waals surface area contributed by atoms with Gasteiger partial charge in [-0.25, -0.2) is 0 Å². The van der Waals surface area contributed by atoms with E-state index < -0.39 is 0 Å².